The second-order valence-electron chi connectivity index (χ2n) is 3.47. The van der Waals surface area contributed by atoms with Crippen molar-refractivity contribution in [2.75, 3.05) is 6.54 Å². The van der Waals surface area contributed by atoms with Gasteiger partial charge >= 0.3 is 0 Å². The molecule has 2 N–H and O–H groups in total. The van der Waals surface area contributed by atoms with Crippen molar-refractivity contribution >= 4 is 0 Å². The van der Waals surface area contributed by atoms with Crippen LogP contribution in [0.1, 0.15) is 25.4 Å². The fourth-order valence-corrected chi connectivity index (χ4v) is 1.14. The molecule has 0 spiro atoms. The van der Waals surface area contributed by atoms with Crippen LogP contribution in [0.5, 0.6) is 5.88 Å². The van der Waals surface area contributed by atoms with Crippen molar-refractivity contribution in [2.45, 2.75) is 33.3 Å². The highest BCUT2D eigenvalue weighted by Gasteiger charge is 2.03. The van der Waals surface area contributed by atoms with Crippen LogP contribution in [0, 0.1) is 6.92 Å². The molecule has 0 fully saturated rings. The molecular formula is C10H17N3O. The Morgan fingerprint density at radius 2 is 2.14 bits per heavy atom. The molecule has 4 nitrogen and oxygen atoms in total. The summed E-state index contributed by atoms with van der Waals surface area (Å²) in [7, 11) is 0. The predicted octanol–water partition coefficient (Wildman–Crippen LogP) is 1.07. The van der Waals surface area contributed by atoms with Crippen LogP contribution in [0.25, 0.3) is 0 Å². The number of nitrogens with two attached hydrogens (primary N) is 1. The van der Waals surface area contributed by atoms with Crippen LogP contribution >= 0.6 is 0 Å². The molecule has 0 aromatic carbocycles. The third-order valence-electron chi connectivity index (χ3n) is 1.60. The Hall–Kier alpha value is -1.16. The SMILES string of the molecule is Cc1cc(OC(C)C)nc(CCN)n1. The lowest BCUT2D eigenvalue weighted by Crippen LogP contribution is -2.11. The fourth-order valence-electron chi connectivity index (χ4n) is 1.14. The molecule has 0 saturated heterocycles. The van der Waals surface area contributed by atoms with Gasteiger partial charge < -0.3 is 10.5 Å². The lowest BCUT2D eigenvalue weighted by Gasteiger charge is -2.10. The number of nitrogens with zero attached hydrogens (tertiary/aromatic N) is 2. The lowest BCUT2D eigenvalue weighted by atomic mass is 10.3. The van der Waals surface area contributed by atoms with Gasteiger partial charge in [0.2, 0.25) is 5.88 Å². The first-order valence-corrected chi connectivity index (χ1v) is 4.83. The van der Waals surface area contributed by atoms with Gasteiger partial charge in [0, 0.05) is 18.2 Å². The standard InChI is InChI=1S/C10H17N3O/c1-7(2)14-10-6-8(3)12-9(13-10)4-5-11/h6-7H,4-5,11H2,1-3H3. The van der Waals surface area contributed by atoms with E-state index in [1.807, 2.05) is 26.8 Å². The number of rotatable bonds is 4. The number of hydrogen-bond acceptors (Lipinski definition) is 4. The smallest absolute Gasteiger partial charge is 0.217 e. The molecular weight excluding hydrogens is 178 g/mol. The molecule has 1 rings (SSSR count). The molecule has 0 saturated carbocycles. The number of ether oxygens (including phenoxy) is 1. The monoisotopic (exact) mass is 195 g/mol. The van der Waals surface area contributed by atoms with Gasteiger partial charge in [-0.05, 0) is 27.3 Å². The largest absolute Gasteiger partial charge is 0.475 e. The second-order valence-corrected chi connectivity index (χ2v) is 3.47. The Balaban J connectivity index is 2.83. The zero-order valence-electron chi connectivity index (χ0n) is 8.95. The highest BCUT2D eigenvalue weighted by molar-refractivity contribution is 5.15. The minimum absolute atomic E-state index is 0.134. The fraction of sp³-hybridized carbons (Fsp3) is 0.600. The third-order valence-corrected chi connectivity index (χ3v) is 1.60. The molecule has 0 amide bonds. The van der Waals surface area contributed by atoms with E-state index < -0.39 is 0 Å². The van der Waals surface area contributed by atoms with Gasteiger partial charge in [0.25, 0.3) is 0 Å². The minimum atomic E-state index is 0.134. The van der Waals surface area contributed by atoms with Gasteiger partial charge in [-0.15, -0.1) is 0 Å². The average Bonchev–Trinajstić information content (AvgIpc) is 2.01. The summed E-state index contributed by atoms with van der Waals surface area (Å²) >= 11 is 0. The molecule has 0 radical (unpaired) electrons. The molecule has 1 aromatic rings. The zero-order chi connectivity index (χ0) is 10.6. The van der Waals surface area contributed by atoms with Gasteiger partial charge in [0.1, 0.15) is 5.82 Å². The maximum absolute atomic E-state index is 5.49. The van der Waals surface area contributed by atoms with E-state index in [1.165, 1.54) is 0 Å². The Morgan fingerprint density at radius 3 is 2.71 bits per heavy atom. The summed E-state index contributed by atoms with van der Waals surface area (Å²) in [5.74, 6) is 1.39. The molecule has 0 aliphatic heterocycles. The second kappa shape index (κ2) is 4.91. The van der Waals surface area contributed by atoms with Crippen LogP contribution in [0.3, 0.4) is 0 Å². The number of aryl methyl sites for hydroxylation is 1. The van der Waals surface area contributed by atoms with Crippen molar-refractivity contribution in [3.63, 3.8) is 0 Å². The van der Waals surface area contributed by atoms with Gasteiger partial charge in [-0.3, -0.25) is 0 Å². The molecule has 0 aliphatic rings. The van der Waals surface area contributed by atoms with Crippen LogP contribution in [-0.4, -0.2) is 22.6 Å². The zero-order valence-corrected chi connectivity index (χ0v) is 8.95. The Morgan fingerprint density at radius 1 is 1.43 bits per heavy atom. The normalized spacial score (nSPS) is 10.6. The molecule has 0 unspecified atom stereocenters. The van der Waals surface area contributed by atoms with Gasteiger partial charge in [-0.1, -0.05) is 0 Å². The van der Waals surface area contributed by atoms with Crippen molar-refractivity contribution in [3.8, 4) is 5.88 Å². The first-order valence-electron chi connectivity index (χ1n) is 4.83. The van der Waals surface area contributed by atoms with Gasteiger partial charge in [-0.25, -0.2) is 4.98 Å². The summed E-state index contributed by atoms with van der Waals surface area (Å²) in [6.07, 6.45) is 0.825. The van der Waals surface area contributed by atoms with E-state index in [2.05, 4.69) is 9.97 Å². The third kappa shape index (κ3) is 3.30. The Kier molecular flexibility index (Phi) is 3.83. The summed E-state index contributed by atoms with van der Waals surface area (Å²) in [5, 5.41) is 0. The molecule has 0 aliphatic carbocycles. The average molecular weight is 195 g/mol. The van der Waals surface area contributed by atoms with Crippen molar-refractivity contribution in [1.29, 1.82) is 0 Å². The minimum Gasteiger partial charge on any atom is -0.475 e. The van der Waals surface area contributed by atoms with Crippen molar-refractivity contribution in [3.05, 3.63) is 17.6 Å². The number of aromatic nitrogens is 2. The quantitative estimate of drug-likeness (QED) is 0.780. The van der Waals surface area contributed by atoms with E-state index in [9.17, 15) is 0 Å². The van der Waals surface area contributed by atoms with Gasteiger partial charge in [0.05, 0.1) is 6.10 Å². The summed E-state index contributed by atoms with van der Waals surface area (Å²) in [5.41, 5.74) is 6.36. The first kappa shape index (κ1) is 10.9. The van der Waals surface area contributed by atoms with E-state index in [1.54, 1.807) is 0 Å². The summed E-state index contributed by atoms with van der Waals surface area (Å²) in [6, 6.07) is 1.83. The molecule has 4 heteroatoms. The highest BCUT2D eigenvalue weighted by atomic mass is 16.5. The highest BCUT2D eigenvalue weighted by Crippen LogP contribution is 2.10. The van der Waals surface area contributed by atoms with Crippen molar-refractivity contribution < 1.29 is 4.74 Å². The van der Waals surface area contributed by atoms with Crippen LogP contribution < -0.4 is 10.5 Å². The molecule has 1 aromatic heterocycles. The van der Waals surface area contributed by atoms with Gasteiger partial charge in [0.15, 0.2) is 0 Å². The maximum Gasteiger partial charge on any atom is 0.217 e. The summed E-state index contributed by atoms with van der Waals surface area (Å²) in [6.45, 7) is 6.43. The van der Waals surface area contributed by atoms with Crippen LogP contribution in [0.15, 0.2) is 6.07 Å². The van der Waals surface area contributed by atoms with Crippen molar-refractivity contribution in [2.24, 2.45) is 5.73 Å². The van der Waals surface area contributed by atoms with Crippen LogP contribution in [0.2, 0.25) is 0 Å². The molecule has 0 atom stereocenters. The maximum atomic E-state index is 5.49. The van der Waals surface area contributed by atoms with E-state index in [-0.39, 0.29) is 6.10 Å². The van der Waals surface area contributed by atoms with E-state index in [0.29, 0.717) is 18.8 Å². The molecule has 14 heavy (non-hydrogen) atoms. The van der Waals surface area contributed by atoms with E-state index in [0.717, 1.165) is 11.5 Å². The van der Waals surface area contributed by atoms with Crippen LogP contribution in [0.4, 0.5) is 0 Å². The van der Waals surface area contributed by atoms with Crippen LogP contribution in [-0.2, 0) is 6.42 Å². The topological polar surface area (TPSA) is 61.0 Å². The summed E-state index contributed by atoms with van der Waals surface area (Å²) < 4.78 is 5.49. The summed E-state index contributed by atoms with van der Waals surface area (Å²) in [4.78, 5) is 8.51. The molecule has 78 valence electrons. The number of hydrogen-bond donors (Lipinski definition) is 1. The Labute approximate surface area is 84.5 Å². The predicted molar refractivity (Wildman–Crippen MR) is 55.3 cm³/mol. The van der Waals surface area contributed by atoms with E-state index in [4.69, 9.17) is 10.5 Å². The van der Waals surface area contributed by atoms with E-state index >= 15 is 0 Å². The molecule has 1 heterocycles. The van der Waals surface area contributed by atoms with Gasteiger partial charge in [-0.2, -0.15) is 4.98 Å². The lowest BCUT2D eigenvalue weighted by molar-refractivity contribution is 0.231. The molecule has 0 bridgehead atoms. The Bertz CT molecular complexity index is 299. The van der Waals surface area contributed by atoms with Crippen molar-refractivity contribution in [1.82, 2.24) is 9.97 Å². The first-order chi connectivity index (χ1) is 6.61.